The Labute approximate surface area is 121 Å². The van der Waals surface area contributed by atoms with Gasteiger partial charge < -0.3 is 10.2 Å². The van der Waals surface area contributed by atoms with E-state index in [1.54, 1.807) is 11.3 Å². The van der Waals surface area contributed by atoms with Crippen molar-refractivity contribution in [3.05, 3.63) is 43.7 Å². The van der Waals surface area contributed by atoms with Gasteiger partial charge in [0.1, 0.15) is 0 Å². The lowest BCUT2D eigenvalue weighted by atomic mass is 10.4. The van der Waals surface area contributed by atoms with Gasteiger partial charge in [0, 0.05) is 35.9 Å². The Morgan fingerprint density at radius 2 is 2.17 bits per heavy atom. The predicted octanol–water partition coefficient (Wildman–Crippen LogP) is 3.68. The van der Waals surface area contributed by atoms with E-state index in [4.69, 9.17) is 11.6 Å². The van der Waals surface area contributed by atoms with Gasteiger partial charge in [-0.15, -0.1) is 22.7 Å². The van der Waals surface area contributed by atoms with Crippen LogP contribution in [0.25, 0.3) is 0 Å². The third kappa shape index (κ3) is 4.71. The maximum Gasteiger partial charge on any atom is 0.0931 e. The minimum Gasteiger partial charge on any atom is -0.311 e. The van der Waals surface area contributed by atoms with Gasteiger partial charge in [-0.3, -0.25) is 0 Å². The highest BCUT2D eigenvalue weighted by molar-refractivity contribution is 7.16. The fourth-order valence-corrected chi connectivity index (χ4v) is 3.52. The molecule has 2 rings (SSSR count). The van der Waals surface area contributed by atoms with Crippen LogP contribution in [0.5, 0.6) is 0 Å². The Hall–Kier alpha value is -0.390. The second-order valence-electron chi connectivity index (χ2n) is 4.20. The van der Waals surface area contributed by atoms with Crippen molar-refractivity contribution < 1.29 is 0 Å². The molecule has 0 aromatic carbocycles. The maximum absolute atomic E-state index is 5.89. The van der Waals surface area contributed by atoms with Crippen molar-refractivity contribution in [1.29, 1.82) is 0 Å². The quantitative estimate of drug-likeness (QED) is 0.785. The number of nitrogens with zero attached hydrogens (tertiary/aromatic N) is 1. The molecule has 18 heavy (non-hydrogen) atoms. The van der Waals surface area contributed by atoms with Crippen LogP contribution in [-0.2, 0) is 13.1 Å². The van der Waals surface area contributed by atoms with Crippen LogP contribution in [0.3, 0.4) is 0 Å². The van der Waals surface area contributed by atoms with Gasteiger partial charge in [0.15, 0.2) is 0 Å². The number of thiophene rings is 2. The zero-order chi connectivity index (χ0) is 12.8. The first-order chi connectivity index (χ1) is 8.74. The molecule has 0 bridgehead atoms. The van der Waals surface area contributed by atoms with Gasteiger partial charge in [0.2, 0.25) is 0 Å². The molecule has 2 heterocycles. The van der Waals surface area contributed by atoms with Crippen molar-refractivity contribution in [2.45, 2.75) is 13.1 Å². The van der Waals surface area contributed by atoms with Crippen molar-refractivity contribution in [2.24, 2.45) is 0 Å². The first-order valence-electron chi connectivity index (χ1n) is 5.90. The highest BCUT2D eigenvalue weighted by Crippen LogP contribution is 2.20. The Morgan fingerprint density at radius 1 is 1.28 bits per heavy atom. The number of hydrogen-bond acceptors (Lipinski definition) is 4. The van der Waals surface area contributed by atoms with Crippen molar-refractivity contribution >= 4 is 34.3 Å². The van der Waals surface area contributed by atoms with E-state index < -0.39 is 0 Å². The smallest absolute Gasteiger partial charge is 0.0931 e. The molecule has 0 aliphatic carbocycles. The fourth-order valence-electron chi connectivity index (χ4n) is 1.68. The Balaban J connectivity index is 1.60. The number of nitrogens with one attached hydrogen (secondary N) is 1. The van der Waals surface area contributed by atoms with Crippen LogP contribution in [0, 0.1) is 0 Å². The van der Waals surface area contributed by atoms with Crippen molar-refractivity contribution in [2.75, 3.05) is 20.1 Å². The summed E-state index contributed by atoms with van der Waals surface area (Å²) in [5.74, 6) is 0. The minimum atomic E-state index is 0.863. The first kappa shape index (κ1) is 14.0. The average Bonchev–Trinajstić information content (AvgIpc) is 2.96. The van der Waals surface area contributed by atoms with Crippen molar-refractivity contribution in [1.82, 2.24) is 10.2 Å². The fraction of sp³-hybridized carbons (Fsp3) is 0.385. The molecule has 0 amide bonds. The van der Waals surface area contributed by atoms with Gasteiger partial charge in [-0.2, -0.15) is 0 Å². The van der Waals surface area contributed by atoms with Gasteiger partial charge in [0.25, 0.3) is 0 Å². The zero-order valence-corrected chi connectivity index (χ0v) is 12.7. The van der Waals surface area contributed by atoms with E-state index in [0.29, 0.717) is 0 Å². The van der Waals surface area contributed by atoms with Gasteiger partial charge >= 0.3 is 0 Å². The molecule has 0 radical (unpaired) electrons. The highest BCUT2D eigenvalue weighted by Gasteiger charge is 2.01. The number of rotatable bonds is 7. The third-order valence-corrected chi connectivity index (χ3v) is 4.70. The summed E-state index contributed by atoms with van der Waals surface area (Å²) in [5, 5.41) is 5.57. The maximum atomic E-state index is 5.89. The molecule has 2 aromatic heterocycles. The standard InChI is InChI=1S/C13H17ClN2S2/c1-16(10-12-3-2-8-17-12)7-6-15-9-11-4-5-13(14)18-11/h2-5,8,15H,6-7,9-10H2,1H3. The van der Waals surface area contributed by atoms with E-state index >= 15 is 0 Å². The topological polar surface area (TPSA) is 15.3 Å². The summed E-state index contributed by atoms with van der Waals surface area (Å²) in [5.41, 5.74) is 0. The molecule has 0 saturated carbocycles. The molecule has 2 nitrogen and oxygen atoms in total. The highest BCUT2D eigenvalue weighted by atomic mass is 35.5. The lowest BCUT2D eigenvalue weighted by molar-refractivity contribution is 0.327. The van der Waals surface area contributed by atoms with Crippen LogP contribution in [-0.4, -0.2) is 25.0 Å². The first-order valence-corrected chi connectivity index (χ1v) is 7.97. The lowest BCUT2D eigenvalue weighted by Crippen LogP contribution is -2.28. The van der Waals surface area contributed by atoms with E-state index in [0.717, 1.165) is 30.5 Å². The van der Waals surface area contributed by atoms with E-state index in [1.165, 1.54) is 9.75 Å². The van der Waals surface area contributed by atoms with Crippen molar-refractivity contribution in [3.8, 4) is 0 Å². The van der Waals surface area contributed by atoms with Crippen LogP contribution < -0.4 is 5.32 Å². The van der Waals surface area contributed by atoms with E-state index in [-0.39, 0.29) is 0 Å². The van der Waals surface area contributed by atoms with Crippen LogP contribution in [0.1, 0.15) is 9.75 Å². The van der Waals surface area contributed by atoms with Gasteiger partial charge in [-0.05, 0) is 30.6 Å². The summed E-state index contributed by atoms with van der Waals surface area (Å²) in [6.45, 7) is 3.99. The molecule has 0 atom stereocenters. The Morgan fingerprint density at radius 3 is 2.83 bits per heavy atom. The number of likely N-dealkylation sites (N-methyl/N-ethyl adjacent to an activating group) is 1. The van der Waals surface area contributed by atoms with Gasteiger partial charge in [-0.1, -0.05) is 17.7 Å². The molecular weight excluding hydrogens is 284 g/mol. The monoisotopic (exact) mass is 300 g/mol. The molecule has 1 N–H and O–H groups in total. The second-order valence-corrected chi connectivity index (χ2v) is 7.03. The van der Waals surface area contributed by atoms with Crippen LogP contribution >= 0.6 is 34.3 Å². The lowest BCUT2D eigenvalue weighted by Gasteiger charge is -2.15. The SMILES string of the molecule is CN(CCNCc1ccc(Cl)s1)Cc1cccs1. The summed E-state index contributed by atoms with van der Waals surface area (Å²) in [7, 11) is 2.16. The molecule has 0 aliphatic heterocycles. The summed E-state index contributed by atoms with van der Waals surface area (Å²) < 4.78 is 0.863. The molecule has 5 heteroatoms. The summed E-state index contributed by atoms with van der Waals surface area (Å²) >= 11 is 9.34. The number of halogens is 1. The predicted molar refractivity (Wildman–Crippen MR) is 81.7 cm³/mol. The summed E-state index contributed by atoms with van der Waals surface area (Å²) in [6, 6.07) is 8.32. The largest absolute Gasteiger partial charge is 0.311 e. The van der Waals surface area contributed by atoms with Crippen LogP contribution in [0.15, 0.2) is 29.6 Å². The molecule has 0 spiro atoms. The third-order valence-electron chi connectivity index (χ3n) is 2.60. The summed E-state index contributed by atoms with van der Waals surface area (Å²) in [6.07, 6.45) is 0. The number of hydrogen-bond donors (Lipinski definition) is 1. The Kier molecular flexibility index (Phi) is 5.66. The molecular formula is C13H17ClN2S2. The zero-order valence-electron chi connectivity index (χ0n) is 10.4. The molecule has 98 valence electrons. The van der Waals surface area contributed by atoms with Crippen molar-refractivity contribution in [3.63, 3.8) is 0 Å². The van der Waals surface area contributed by atoms with Gasteiger partial charge in [-0.25, -0.2) is 0 Å². The average molecular weight is 301 g/mol. The van der Waals surface area contributed by atoms with Crippen LogP contribution in [0.4, 0.5) is 0 Å². The van der Waals surface area contributed by atoms with E-state index in [1.807, 2.05) is 17.4 Å². The van der Waals surface area contributed by atoms with Gasteiger partial charge in [0.05, 0.1) is 4.34 Å². The molecule has 0 unspecified atom stereocenters. The molecule has 0 saturated heterocycles. The van der Waals surface area contributed by atoms with Crippen LogP contribution in [0.2, 0.25) is 4.34 Å². The normalized spacial score (nSPS) is 11.3. The molecule has 0 fully saturated rings. The van der Waals surface area contributed by atoms with E-state index in [2.05, 4.69) is 40.8 Å². The second kappa shape index (κ2) is 7.26. The minimum absolute atomic E-state index is 0.863. The molecule has 2 aromatic rings. The Bertz CT molecular complexity index is 453. The molecule has 0 aliphatic rings. The van der Waals surface area contributed by atoms with E-state index in [9.17, 15) is 0 Å². The summed E-state index contributed by atoms with van der Waals surface area (Å²) in [4.78, 5) is 5.05.